The maximum Gasteiger partial charge on any atom is 0.207 e. The molecule has 0 fully saturated rings. The smallest absolute Gasteiger partial charge is 0.207 e. The molecule has 0 bridgehead atoms. The summed E-state index contributed by atoms with van der Waals surface area (Å²) in [4.78, 5) is 0. The highest BCUT2D eigenvalue weighted by molar-refractivity contribution is 6.19. The van der Waals surface area contributed by atoms with Gasteiger partial charge in [0.1, 0.15) is 0 Å². The number of allylic oxidation sites excluding steroid dienone is 2. The lowest BCUT2D eigenvalue weighted by Crippen LogP contribution is -2.10. The number of hydrogen-bond donors (Lipinski definition) is 0. The zero-order chi connectivity index (χ0) is 18.8. The van der Waals surface area contributed by atoms with Gasteiger partial charge >= 0.3 is 0 Å². The molecule has 0 unspecified atom stereocenters. The van der Waals surface area contributed by atoms with Gasteiger partial charge in [-0.15, -0.1) is 11.6 Å². The Bertz CT molecular complexity index is 586. The van der Waals surface area contributed by atoms with Crippen LogP contribution in [0.25, 0.3) is 0 Å². The van der Waals surface area contributed by atoms with Crippen molar-refractivity contribution in [3.8, 4) is 23.0 Å². The summed E-state index contributed by atoms with van der Waals surface area (Å²) in [6.07, 6.45) is 2.65. The van der Waals surface area contributed by atoms with Crippen molar-refractivity contribution in [2.75, 3.05) is 47.9 Å². The van der Waals surface area contributed by atoms with Crippen LogP contribution in [-0.2, 0) is 15.9 Å². The highest BCUT2D eigenvalue weighted by Crippen LogP contribution is 2.49. The van der Waals surface area contributed by atoms with Crippen LogP contribution in [0.2, 0.25) is 0 Å². The van der Waals surface area contributed by atoms with Crippen LogP contribution in [0, 0.1) is 6.92 Å². The first-order chi connectivity index (χ1) is 12.0. The molecule has 7 heteroatoms. The van der Waals surface area contributed by atoms with Crippen LogP contribution in [0.15, 0.2) is 11.6 Å². The Morgan fingerprint density at radius 2 is 1.40 bits per heavy atom. The lowest BCUT2D eigenvalue weighted by molar-refractivity contribution is 0.0439. The first-order valence-electron chi connectivity index (χ1n) is 7.78. The average molecular weight is 375 g/mol. The molecular weight excluding hydrogens is 348 g/mol. The van der Waals surface area contributed by atoms with Gasteiger partial charge in [-0.05, 0) is 20.3 Å². The van der Waals surface area contributed by atoms with Gasteiger partial charge in [0, 0.05) is 31.2 Å². The summed E-state index contributed by atoms with van der Waals surface area (Å²) < 4.78 is 32.6. The third kappa shape index (κ3) is 5.42. The standard InChI is InChI=1S/C18H27ClO6/c1-12(9-19)7-8-14-13(2)15(24-10-20-3)17(22-5)18(23-6)16(14)25-11-21-4/h7H,8-11H2,1-6H3/b12-7+. The Kier molecular flexibility index (Phi) is 9.49. The number of ether oxygens (including phenoxy) is 6. The average Bonchev–Trinajstić information content (AvgIpc) is 2.63. The Hall–Kier alpha value is -1.63. The molecule has 0 aliphatic carbocycles. The molecule has 0 saturated heterocycles. The first-order valence-corrected chi connectivity index (χ1v) is 8.31. The van der Waals surface area contributed by atoms with Crippen LogP contribution in [-0.4, -0.2) is 47.9 Å². The molecule has 0 amide bonds. The fourth-order valence-electron chi connectivity index (χ4n) is 2.33. The molecule has 142 valence electrons. The number of methoxy groups -OCH3 is 4. The number of halogens is 1. The van der Waals surface area contributed by atoms with Crippen LogP contribution in [0.1, 0.15) is 18.1 Å². The third-order valence-corrected chi connectivity index (χ3v) is 4.02. The van der Waals surface area contributed by atoms with Gasteiger partial charge in [-0.25, -0.2) is 0 Å². The highest BCUT2D eigenvalue weighted by Gasteiger charge is 2.25. The van der Waals surface area contributed by atoms with Gasteiger partial charge in [0.25, 0.3) is 0 Å². The van der Waals surface area contributed by atoms with Gasteiger partial charge in [-0.3, -0.25) is 0 Å². The molecule has 0 N–H and O–H groups in total. The number of rotatable bonds is 11. The summed E-state index contributed by atoms with van der Waals surface area (Å²) in [5, 5.41) is 0. The Balaban J connectivity index is 3.55. The van der Waals surface area contributed by atoms with Gasteiger partial charge in [0.05, 0.1) is 14.2 Å². The molecule has 0 saturated carbocycles. The van der Waals surface area contributed by atoms with Gasteiger partial charge in [-0.2, -0.15) is 0 Å². The minimum Gasteiger partial charge on any atom is -0.490 e. The Morgan fingerprint density at radius 1 is 0.880 bits per heavy atom. The van der Waals surface area contributed by atoms with Gasteiger partial charge in [0.15, 0.2) is 25.1 Å². The predicted molar refractivity (Wildman–Crippen MR) is 97.5 cm³/mol. The maximum atomic E-state index is 5.88. The van der Waals surface area contributed by atoms with Crippen molar-refractivity contribution in [3.63, 3.8) is 0 Å². The fourth-order valence-corrected chi connectivity index (χ4v) is 2.44. The van der Waals surface area contributed by atoms with Crippen molar-refractivity contribution < 1.29 is 28.4 Å². The molecule has 1 aromatic carbocycles. The minimum atomic E-state index is 0.0857. The lowest BCUT2D eigenvalue weighted by atomic mass is 10.0. The summed E-state index contributed by atoms with van der Waals surface area (Å²) in [5.41, 5.74) is 2.84. The fraction of sp³-hybridized carbons (Fsp3) is 0.556. The van der Waals surface area contributed by atoms with E-state index >= 15 is 0 Å². The van der Waals surface area contributed by atoms with Crippen LogP contribution in [0.4, 0.5) is 0 Å². The van der Waals surface area contributed by atoms with Crippen molar-refractivity contribution in [1.82, 2.24) is 0 Å². The molecule has 0 aliphatic heterocycles. The summed E-state index contributed by atoms with van der Waals surface area (Å²) in [5.74, 6) is 2.47. The monoisotopic (exact) mass is 374 g/mol. The molecule has 0 aliphatic rings. The topological polar surface area (TPSA) is 55.4 Å². The van der Waals surface area contributed by atoms with E-state index in [4.69, 9.17) is 40.0 Å². The molecular formula is C18H27ClO6. The minimum absolute atomic E-state index is 0.0857. The van der Waals surface area contributed by atoms with E-state index in [1.165, 1.54) is 0 Å². The van der Waals surface area contributed by atoms with Crippen LogP contribution in [0.5, 0.6) is 23.0 Å². The summed E-state index contributed by atoms with van der Waals surface area (Å²) in [6, 6.07) is 0. The molecule has 0 spiro atoms. The summed E-state index contributed by atoms with van der Waals surface area (Å²) >= 11 is 5.88. The highest BCUT2D eigenvalue weighted by atomic mass is 35.5. The van der Waals surface area contributed by atoms with Gasteiger partial charge in [-0.1, -0.05) is 11.6 Å². The largest absolute Gasteiger partial charge is 0.490 e. The van der Waals surface area contributed by atoms with Crippen LogP contribution in [0.3, 0.4) is 0 Å². The summed E-state index contributed by atoms with van der Waals surface area (Å²) in [6.45, 7) is 4.09. The van der Waals surface area contributed by atoms with E-state index in [1.54, 1.807) is 28.4 Å². The zero-order valence-electron chi connectivity index (χ0n) is 15.7. The van der Waals surface area contributed by atoms with Crippen LogP contribution >= 0.6 is 11.6 Å². The number of benzene rings is 1. The third-order valence-electron chi connectivity index (χ3n) is 3.60. The molecule has 1 rings (SSSR count). The maximum absolute atomic E-state index is 5.88. The molecule has 0 atom stereocenters. The van der Waals surface area contributed by atoms with E-state index in [2.05, 4.69) is 0 Å². The van der Waals surface area contributed by atoms with Crippen molar-refractivity contribution in [2.45, 2.75) is 20.3 Å². The Labute approximate surface area is 154 Å². The van der Waals surface area contributed by atoms with Gasteiger partial charge < -0.3 is 28.4 Å². The quantitative estimate of drug-likeness (QED) is 0.334. The SMILES string of the molecule is COCOc1c(C)c(C/C=C(\C)CCl)c(OCOC)c(OC)c1OC. The predicted octanol–water partition coefficient (Wildman–Crippen LogP) is 3.71. The van der Waals surface area contributed by atoms with Crippen molar-refractivity contribution in [1.29, 1.82) is 0 Å². The molecule has 1 aromatic rings. The van der Waals surface area contributed by atoms with E-state index in [1.807, 2.05) is 19.9 Å². The van der Waals surface area contributed by atoms with E-state index in [9.17, 15) is 0 Å². The number of hydrogen-bond acceptors (Lipinski definition) is 6. The van der Waals surface area contributed by atoms with E-state index in [0.717, 1.165) is 16.7 Å². The molecule has 0 heterocycles. The van der Waals surface area contributed by atoms with Crippen molar-refractivity contribution in [2.24, 2.45) is 0 Å². The molecule has 0 radical (unpaired) electrons. The van der Waals surface area contributed by atoms with Crippen LogP contribution < -0.4 is 18.9 Å². The Morgan fingerprint density at radius 3 is 1.88 bits per heavy atom. The molecule has 25 heavy (non-hydrogen) atoms. The van der Waals surface area contributed by atoms with Crippen molar-refractivity contribution in [3.05, 3.63) is 22.8 Å². The van der Waals surface area contributed by atoms with Crippen molar-refractivity contribution >= 4 is 11.6 Å². The molecule has 0 aromatic heterocycles. The zero-order valence-corrected chi connectivity index (χ0v) is 16.5. The van der Waals surface area contributed by atoms with E-state index < -0.39 is 0 Å². The second-order valence-corrected chi connectivity index (χ2v) is 5.59. The second-order valence-electron chi connectivity index (χ2n) is 5.32. The first kappa shape index (κ1) is 21.4. The summed E-state index contributed by atoms with van der Waals surface area (Å²) in [7, 11) is 6.22. The lowest BCUT2D eigenvalue weighted by Gasteiger charge is -2.22. The normalized spacial score (nSPS) is 11.4. The van der Waals surface area contributed by atoms with E-state index in [-0.39, 0.29) is 13.6 Å². The van der Waals surface area contributed by atoms with Gasteiger partial charge in [0.2, 0.25) is 11.5 Å². The second kappa shape index (κ2) is 11.1. The van der Waals surface area contributed by atoms with E-state index in [0.29, 0.717) is 35.3 Å². The molecule has 6 nitrogen and oxygen atoms in total. The number of alkyl halides is 1.